The largest absolute Gasteiger partial charge is 0.497 e. The normalized spacial score (nSPS) is 11.7. The van der Waals surface area contributed by atoms with Gasteiger partial charge in [-0.05, 0) is 37.1 Å². The molecule has 0 heterocycles. The van der Waals surface area contributed by atoms with Crippen LogP contribution in [0.1, 0.15) is 168 Å². The summed E-state index contributed by atoms with van der Waals surface area (Å²) in [5, 5.41) is 0. The van der Waals surface area contributed by atoms with E-state index in [1.165, 1.54) is 103 Å². The minimum Gasteiger partial charge on any atom is -0.497 e. The van der Waals surface area contributed by atoms with Crippen LogP contribution in [0.15, 0.2) is 24.3 Å². The van der Waals surface area contributed by atoms with Crippen LogP contribution in [0, 0.1) is 0 Å². The van der Waals surface area contributed by atoms with Crippen LogP contribution in [0.4, 0.5) is 0 Å². The van der Waals surface area contributed by atoms with Crippen LogP contribution >= 0.6 is 0 Å². The summed E-state index contributed by atoms with van der Waals surface area (Å²) in [5.74, 6) is 0.885. The lowest BCUT2D eigenvalue weighted by Gasteiger charge is -2.19. The fourth-order valence-electron chi connectivity index (χ4n) is 5.35. The third-order valence-electron chi connectivity index (χ3n) is 8.19. The Balaban J connectivity index is 2.29. The molecule has 1 aromatic rings. The van der Waals surface area contributed by atoms with Crippen molar-refractivity contribution >= 4 is 11.9 Å². The van der Waals surface area contributed by atoms with Crippen molar-refractivity contribution in [1.82, 2.24) is 0 Å². The summed E-state index contributed by atoms with van der Waals surface area (Å²) in [4.78, 5) is 25.0. The van der Waals surface area contributed by atoms with Gasteiger partial charge in [-0.3, -0.25) is 9.59 Å². The highest BCUT2D eigenvalue weighted by Crippen LogP contribution is 2.18. The van der Waals surface area contributed by atoms with Crippen LogP contribution < -0.4 is 9.47 Å². The van der Waals surface area contributed by atoms with Crippen LogP contribution in [0.3, 0.4) is 0 Å². The second kappa shape index (κ2) is 29.5. The molecule has 0 saturated heterocycles. The fourth-order valence-corrected chi connectivity index (χ4v) is 5.35. The third-order valence-corrected chi connectivity index (χ3v) is 8.19. The average molecular weight is 619 g/mol. The predicted octanol–water partition coefficient (Wildman–Crippen LogP) is 10.9. The highest BCUT2D eigenvalue weighted by Gasteiger charge is 2.18. The van der Waals surface area contributed by atoms with Crippen LogP contribution in [-0.4, -0.2) is 38.4 Å². The number of carbonyl (C=O) groups is 2. The Morgan fingerprint density at radius 2 is 0.909 bits per heavy atom. The van der Waals surface area contributed by atoms with E-state index >= 15 is 0 Å². The van der Waals surface area contributed by atoms with Crippen molar-refractivity contribution < 1.29 is 28.5 Å². The number of ether oxygens (including phenoxy) is 4. The van der Waals surface area contributed by atoms with Crippen LogP contribution in [0.25, 0.3) is 0 Å². The van der Waals surface area contributed by atoms with Crippen molar-refractivity contribution in [2.75, 3.05) is 20.3 Å². The van der Waals surface area contributed by atoms with Crippen molar-refractivity contribution in [2.45, 2.75) is 174 Å². The molecule has 1 atom stereocenters. The van der Waals surface area contributed by atoms with Gasteiger partial charge in [0.25, 0.3) is 0 Å². The zero-order valence-electron chi connectivity index (χ0n) is 28.7. The Kier molecular flexibility index (Phi) is 26.6. The molecule has 0 radical (unpaired) electrons. The Morgan fingerprint density at radius 1 is 0.523 bits per heavy atom. The molecule has 0 amide bonds. The highest BCUT2D eigenvalue weighted by atomic mass is 16.6. The smallest absolute Gasteiger partial charge is 0.306 e. The van der Waals surface area contributed by atoms with Crippen molar-refractivity contribution in [1.29, 1.82) is 0 Å². The van der Waals surface area contributed by atoms with E-state index in [1.54, 1.807) is 19.2 Å². The SMILES string of the molecule is CCCCCCCCCCCCCC(=O)OCC(COc1ccc(OC)cc1)OC(=O)CCCCCCCCCCCCC. The molecular formula is C38H66O6. The summed E-state index contributed by atoms with van der Waals surface area (Å²) < 4.78 is 22.3. The minimum absolute atomic E-state index is 0.0109. The van der Waals surface area contributed by atoms with Gasteiger partial charge in [0.15, 0.2) is 6.10 Å². The van der Waals surface area contributed by atoms with Gasteiger partial charge in [-0.15, -0.1) is 0 Å². The van der Waals surface area contributed by atoms with Gasteiger partial charge in [0.05, 0.1) is 7.11 Å². The molecule has 1 rings (SSSR count). The fraction of sp³-hybridized carbons (Fsp3) is 0.789. The standard InChI is InChI=1S/C38H66O6/c1-4-6-8-10-12-14-16-18-20-22-24-26-37(39)43-33-36(32-42-35-30-28-34(41-3)29-31-35)44-38(40)27-25-23-21-19-17-15-13-11-9-7-5-2/h28-31,36H,4-27,32-33H2,1-3H3. The minimum atomic E-state index is -0.640. The molecule has 1 unspecified atom stereocenters. The summed E-state index contributed by atoms with van der Waals surface area (Å²) in [7, 11) is 1.62. The first-order valence-corrected chi connectivity index (χ1v) is 18.2. The van der Waals surface area contributed by atoms with Gasteiger partial charge in [-0.25, -0.2) is 0 Å². The summed E-state index contributed by atoms with van der Waals surface area (Å²) >= 11 is 0. The molecule has 44 heavy (non-hydrogen) atoms. The molecule has 6 nitrogen and oxygen atoms in total. The van der Waals surface area contributed by atoms with Crippen LogP contribution in [-0.2, 0) is 19.1 Å². The molecule has 0 bridgehead atoms. The summed E-state index contributed by atoms with van der Waals surface area (Å²) in [6, 6.07) is 7.25. The van der Waals surface area contributed by atoms with E-state index in [2.05, 4.69) is 13.8 Å². The van der Waals surface area contributed by atoms with E-state index in [4.69, 9.17) is 18.9 Å². The summed E-state index contributed by atoms with van der Waals surface area (Å²) in [6.07, 6.45) is 27.3. The number of hydrogen-bond acceptors (Lipinski definition) is 6. The molecule has 0 aliphatic rings. The Hall–Kier alpha value is -2.24. The van der Waals surface area contributed by atoms with Crippen LogP contribution in [0.5, 0.6) is 11.5 Å². The first-order valence-electron chi connectivity index (χ1n) is 18.2. The average Bonchev–Trinajstić information content (AvgIpc) is 3.04. The van der Waals surface area contributed by atoms with Crippen molar-refractivity contribution in [3.8, 4) is 11.5 Å². The number of carbonyl (C=O) groups excluding carboxylic acids is 2. The predicted molar refractivity (Wildman–Crippen MR) is 181 cm³/mol. The van der Waals surface area contributed by atoms with E-state index < -0.39 is 6.10 Å². The molecule has 0 spiro atoms. The van der Waals surface area contributed by atoms with E-state index in [0.717, 1.165) is 44.3 Å². The Bertz CT molecular complexity index is 793. The number of benzene rings is 1. The summed E-state index contributed by atoms with van der Waals surface area (Å²) in [6.45, 7) is 4.64. The van der Waals surface area contributed by atoms with E-state index in [9.17, 15) is 9.59 Å². The van der Waals surface area contributed by atoms with Crippen molar-refractivity contribution in [3.63, 3.8) is 0 Å². The first-order chi connectivity index (χ1) is 21.6. The van der Waals surface area contributed by atoms with Gasteiger partial charge in [-0.1, -0.05) is 142 Å². The number of esters is 2. The lowest BCUT2D eigenvalue weighted by atomic mass is 10.1. The lowest BCUT2D eigenvalue weighted by molar-refractivity contribution is -0.161. The molecule has 0 saturated carbocycles. The second-order valence-electron chi connectivity index (χ2n) is 12.4. The maximum absolute atomic E-state index is 12.6. The third kappa shape index (κ3) is 24.1. The van der Waals surface area contributed by atoms with Gasteiger partial charge in [0, 0.05) is 12.8 Å². The Morgan fingerprint density at radius 3 is 1.34 bits per heavy atom. The number of unbranched alkanes of at least 4 members (excludes halogenated alkanes) is 20. The Labute approximate surface area is 270 Å². The second-order valence-corrected chi connectivity index (χ2v) is 12.4. The molecule has 0 aliphatic carbocycles. The van der Waals surface area contributed by atoms with E-state index in [-0.39, 0.29) is 25.2 Å². The maximum Gasteiger partial charge on any atom is 0.306 e. The highest BCUT2D eigenvalue weighted by molar-refractivity contribution is 5.70. The number of hydrogen-bond donors (Lipinski definition) is 0. The topological polar surface area (TPSA) is 71.1 Å². The van der Waals surface area contributed by atoms with Crippen molar-refractivity contribution in [3.05, 3.63) is 24.3 Å². The molecule has 6 heteroatoms. The van der Waals surface area contributed by atoms with Gasteiger partial charge in [-0.2, -0.15) is 0 Å². The molecule has 1 aromatic carbocycles. The number of rotatable bonds is 31. The van der Waals surface area contributed by atoms with E-state index in [1.807, 2.05) is 12.1 Å². The van der Waals surface area contributed by atoms with Crippen molar-refractivity contribution in [2.24, 2.45) is 0 Å². The summed E-state index contributed by atoms with van der Waals surface area (Å²) in [5.41, 5.74) is 0. The maximum atomic E-state index is 12.6. The quantitative estimate of drug-likeness (QED) is 0.0609. The number of methoxy groups -OCH3 is 1. The van der Waals surface area contributed by atoms with Gasteiger partial charge in [0.1, 0.15) is 24.7 Å². The molecule has 0 aliphatic heterocycles. The zero-order valence-corrected chi connectivity index (χ0v) is 28.7. The van der Waals surface area contributed by atoms with Gasteiger partial charge in [0.2, 0.25) is 0 Å². The first kappa shape index (κ1) is 39.8. The van der Waals surface area contributed by atoms with Gasteiger partial charge < -0.3 is 18.9 Å². The molecule has 0 fully saturated rings. The molecule has 0 N–H and O–H groups in total. The molecular weight excluding hydrogens is 552 g/mol. The lowest BCUT2D eigenvalue weighted by Crippen LogP contribution is -2.31. The van der Waals surface area contributed by atoms with Crippen LogP contribution in [0.2, 0.25) is 0 Å². The molecule has 254 valence electrons. The van der Waals surface area contributed by atoms with Gasteiger partial charge >= 0.3 is 11.9 Å². The van der Waals surface area contributed by atoms with E-state index in [0.29, 0.717) is 18.6 Å². The monoisotopic (exact) mass is 618 g/mol. The molecule has 0 aromatic heterocycles. The zero-order chi connectivity index (χ0) is 31.9.